The topological polar surface area (TPSA) is 101 Å². The van der Waals surface area contributed by atoms with Gasteiger partial charge in [-0.3, -0.25) is 10.1 Å². The van der Waals surface area contributed by atoms with Crippen LogP contribution in [0.1, 0.15) is 19.0 Å². The third-order valence-electron chi connectivity index (χ3n) is 3.71. The van der Waals surface area contributed by atoms with Gasteiger partial charge in [0, 0.05) is 24.6 Å². The molecule has 0 fully saturated rings. The molecule has 0 atom stereocenters. The summed E-state index contributed by atoms with van der Waals surface area (Å²) in [6.45, 7) is 4.37. The van der Waals surface area contributed by atoms with Crippen LogP contribution in [0.5, 0.6) is 0 Å². The minimum absolute atomic E-state index is 0.136. The van der Waals surface area contributed by atoms with E-state index in [2.05, 4.69) is 26.9 Å². The number of aryl methyl sites for hydroxylation is 1. The van der Waals surface area contributed by atoms with E-state index in [9.17, 15) is 10.1 Å². The lowest BCUT2D eigenvalue weighted by atomic mass is 10.2. The van der Waals surface area contributed by atoms with Crippen molar-refractivity contribution >= 4 is 17.3 Å². The Morgan fingerprint density at radius 3 is 2.60 bits per heavy atom. The molecule has 0 amide bonds. The minimum Gasteiger partial charge on any atom is -0.343 e. The molecule has 0 spiro atoms. The Balaban J connectivity index is 2.17. The third kappa shape index (κ3) is 3.32. The summed E-state index contributed by atoms with van der Waals surface area (Å²) in [5.74, 6) is 0.769. The van der Waals surface area contributed by atoms with Gasteiger partial charge >= 0.3 is 5.69 Å². The van der Waals surface area contributed by atoms with E-state index in [4.69, 9.17) is 0 Å². The van der Waals surface area contributed by atoms with Gasteiger partial charge in [0.15, 0.2) is 11.5 Å². The number of hydrogen-bond acceptors (Lipinski definition) is 6. The summed E-state index contributed by atoms with van der Waals surface area (Å²) >= 11 is 0. The van der Waals surface area contributed by atoms with Gasteiger partial charge in [-0.15, -0.1) is 0 Å². The maximum absolute atomic E-state index is 11.5. The molecule has 0 saturated heterocycles. The zero-order valence-electron chi connectivity index (χ0n) is 14.0. The molecule has 0 unspecified atom stereocenters. The summed E-state index contributed by atoms with van der Waals surface area (Å²) in [4.78, 5) is 28.8. The van der Waals surface area contributed by atoms with Crippen LogP contribution in [0.3, 0.4) is 0 Å². The summed E-state index contributed by atoms with van der Waals surface area (Å²) < 4.78 is 0. The standard InChI is InChI=1S/C17H18N6O2/c1-3-11-22(13-7-5-4-6-8-13)17-20-12(2)15(23(24)25)14(21-17)16-18-9-10-19-16/h4-10H,3,11H2,1-2H3,(H,18,19). The van der Waals surface area contributed by atoms with Crippen molar-refractivity contribution in [3.05, 3.63) is 58.5 Å². The molecule has 2 aromatic heterocycles. The molecule has 128 valence electrons. The fourth-order valence-electron chi connectivity index (χ4n) is 2.63. The lowest BCUT2D eigenvalue weighted by Gasteiger charge is -2.22. The highest BCUT2D eigenvalue weighted by Crippen LogP contribution is 2.32. The molecule has 2 heterocycles. The van der Waals surface area contributed by atoms with Crippen LogP contribution in [0.2, 0.25) is 0 Å². The van der Waals surface area contributed by atoms with Crippen LogP contribution >= 0.6 is 0 Å². The third-order valence-corrected chi connectivity index (χ3v) is 3.71. The lowest BCUT2D eigenvalue weighted by Crippen LogP contribution is -2.21. The predicted octanol–water partition coefficient (Wildman–Crippen LogP) is 3.63. The first-order chi connectivity index (χ1) is 12.1. The molecule has 0 saturated carbocycles. The van der Waals surface area contributed by atoms with Crippen molar-refractivity contribution in [3.8, 4) is 11.5 Å². The maximum Gasteiger partial charge on any atom is 0.319 e. The van der Waals surface area contributed by atoms with E-state index in [1.807, 2.05) is 35.2 Å². The lowest BCUT2D eigenvalue weighted by molar-refractivity contribution is -0.385. The van der Waals surface area contributed by atoms with E-state index in [1.54, 1.807) is 13.1 Å². The highest BCUT2D eigenvalue weighted by Gasteiger charge is 2.26. The van der Waals surface area contributed by atoms with Crippen LogP contribution in [-0.2, 0) is 0 Å². The zero-order valence-corrected chi connectivity index (χ0v) is 14.0. The average molecular weight is 338 g/mol. The summed E-state index contributed by atoms with van der Waals surface area (Å²) in [5, 5.41) is 11.5. The molecule has 8 nitrogen and oxygen atoms in total. The highest BCUT2D eigenvalue weighted by molar-refractivity contribution is 5.68. The molecule has 25 heavy (non-hydrogen) atoms. The Hall–Kier alpha value is -3.29. The molecule has 3 aromatic rings. The van der Waals surface area contributed by atoms with Crippen LogP contribution in [0.25, 0.3) is 11.5 Å². The molecule has 0 aliphatic heterocycles. The maximum atomic E-state index is 11.5. The number of anilines is 2. The summed E-state index contributed by atoms with van der Waals surface area (Å²) in [7, 11) is 0. The van der Waals surface area contributed by atoms with Crippen LogP contribution in [-0.4, -0.2) is 31.4 Å². The predicted molar refractivity (Wildman–Crippen MR) is 94.7 cm³/mol. The van der Waals surface area contributed by atoms with Crippen LogP contribution in [0.4, 0.5) is 17.3 Å². The number of nitrogens with zero attached hydrogens (tertiary/aromatic N) is 5. The van der Waals surface area contributed by atoms with Crippen molar-refractivity contribution in [3.63, 3.8) is 0 Å². The number of H-pyrrole nitrogens is 1. The number of benzene rings is 1. The Morgan fingerprint density at radius 2 is 2.00 bits per heavy atom. The van der Waals surface area contributed by atoms with E-state index < -0.39 is 4.92 Å². The van der Waals surface area contributed by atoms with Crippen LogP contribution in [0, 0.1) is 17.0 Å². The molecule has 0 radical (unpaired) electrons. The SMILES string of the molecule is CCCN(c1ccccc1)c1nc(C)c([N+](=O)[O-])c(-c2ncc[nH]2)n1. The Bertz CT molecular complexity index is 864. The first-order valence-corrected chi connectivity index (χ1v) is 7.97. The second kappa shape index (κ2) is 7.08. The first-order valence-electron chi connectivity index (χ1n) is 7.97. The molecule has 8 heteroatoms. The normalized spacial score (nSPS) is 10.6. The number of rotatable bonds is 6. The second-order valence-electron chi connectivity index (χ2n) is 5.49. The molecule has 0 bridgehead atoms. The van der Waals surface area contributed by atoms with Gasteiger partial charge in [-0.25, -0.2) is 15.0 Å². The number of nitro groups is 1. The smallest absolute Gasteiger partial charge is 0.319 e. The minimum atomic E-state index is -0.469. The van der Waals surface area contributed by atoms with E-state index in [0.29, 0.717) is 24.0 Å². The van der Waals surface area contributed by atoms with E-state index >= 15 is 0 Å². The van der Waals surface area contributed by atoms with Crippen molar-refractivity contribution in [2.75, 3.05) is 11.4 Å². The number of aromatic amines is 1. The van der Waals surface area contributed by atoms with Gasteiger partial charge in [0.2, 0.25) is 5.95 Å². The summed E-state index contributed by atoms with van der Waals surface area (Å²) in [6.07, 6.45) is 4.03. The van der Waals surface area contributed by atoms with Gasteiger partial charge in [0.25, 0.3) is 0 Å². The number of para-hydroxylation sites is 1. The Kier molecular flexibility index (Phi) is 4.69. The number of aromatic nitrogens is 4. The van der Waals surface area contributed by atoms with Gasteiger partial charge in [-0.05, 0) is 25.5 Å². The number of hydrogen-bond donors (Lipinski definition) is 1. The van der Waals surface area contributed by atoms with Gasteiger partial charge in [-0.1, -0.05) is 25.1 Å². The Labute approximate surface area is 144 Å². The average Bonchev–Trinajstić information content (AvgIpc) is 3.14. The quantitative estimate of drug-likeness (QED) is 0.544. The highest BCUT2D eigenvalue weighted by atomic mass is 16.6. The largest absolute Gasteiger partial charge is 0.343 e. The molecule has 3 rings (SSSR count). The van der Waals surface area contributed by atoms with Crippen LogP contribution < -0.4 is 4.90 Å². The van der Waals surface area contributed by atoms with E-state index in [0.717, 1.165) is 12.1 Å². The summed E-state index contributed by atoms with van der Waals surface area (Å²) in [5.41, 5.74) is 1.29. The van der Waals surface area contributed by atoms with Crippen molar-refractivity contribution in [1.29, 1.82) is 0 Å². The van der Waals surface area contributed by atoms with Crippen molar-refractivity contribution in [2.24, 2.45) is 0 Å². The molecular formula is C17H18N6O2. The molecule has 0 aliphatic carbocycles. The fraction of sp³-hybridized carbons (Fsp3) is 0.235. The summed E-state index contributed by atoms with van der Waals surface area (Å²) in [6, 6.07) is 9.72. The van der Waals surface area contributed by atoms with Gasteiger partial charge in [0.05, 0.1) is 4.92 Å². The van der Waals surface area contributed by atoms with Gasteiger partial charge in [-0.2, -0.15) is 0 Å². The second-order valence-corrected chi connectivity index (χ2v) is 5.49. The van der Waals surface area contributed by atoms with Crippen LogP contribution in [0.15, 0.2) is 42.7 Å². The molecule has 1 N–H and O–H groups in total. The Morgan fingerprint density at radius 1 is 1.24 bits per heavy atom. The van der Waals surface area contributed by atoms with Gasteiger partial charge in [0.1, 0.15) is 5.69 Å². The van der Waals surface area contributed by atoms with E-state index in [1.165, 1.54) is 6.20 Å². The van der Waals surface area contributed by atoms with Crippen molar-refractivity contribution < 1.29 is 4.92 Å². The fourth-order valence-corrected chi connectivity index (χ4v) is 2.63. The van der Waals surface area contributed by atoms with Crippen molar-refractivity contribution in [1.82, 2.24) is 19.9 Å². The van der Waals surface area contributed by atoms with Crippen molar-refractivity contribution in [2.45, 2.75) is 20.3 Å². The monoisotopic (exact) mass is 338 g/mol. The molecule has 1 aromatic carbocycles. The van der Waals surface area contributed by atoms with Gasteiger partial charge < -0.3 is 9.88 Å². The number of imidazole rings is 1. The van der Waals surface area contributed by atoms with E-state index in [-0.39, 0.29) is 11.4 Å². The first kappa shape index (κ1) is 16.6. The zero-order chi connectivity index (χ0) is 17.8. The molecule has 0 aliphatic rings. The molecular weight excluding hydrogens is 320 g/mol. The number of nitrogens with one attached hydrogen (secondary N) is 1.